The Bertz CT molecular complexity index is 738. The van der Waals surface area contributed by atoms with Gasteiger partial charge in [-0.2, -0.15) is 0 Å². The highest BCUT2D eigenvalue weighted by molar-refractivity contribution is 8.26. The van der Waals surface area contributed by atoms with Gasteiger partial charge in [0, 0.05) is 13.1 Å². The van der Waals surface area contributed by atoms with E-state index in [1.165, 1.54) is 16.7 Å². The number of benzene rings is 1. The Hall–Kier alpha value is -1.86. The highest BCUT2D eigenvalue weighted by Gasteiger charge is 2.34. The van der Waals surface area contributed by atoms with Crippen LogP contribution in [0.2, 0.25) is 0 Å². The first kappa shape index (κ1) is 19.9. The van der Waals surface area contributed by atoms with Gasteiger partial charge in [0.15, 0.2) is 0 Å². The molecule has 2 aliphatic rings. The lowest BCUT2D eigenvalue weighted by atomic mass is 10.2. The number of likely N-dealkylation sites (tertiary alicyclic amines) is 1. The zero-order valence-electron chi connectivity index (χ0n) is 15.5. The SMILES string of the molecule is CCOc1ccc(C=C2SC(=S)N(CC(=O)N3CCCCCC3)C2=O)cc1. The number of amides is 2. The molecule has 1 aromatic rings. The van der Waals surface area contributed by atoms with Gasteiger partial charge in [-0.05, 0) is 43.5 Å². The number of thiocarbonyl (C=S) groups is 1. The standard InChI is InChI=1S/C20H24N2O3S2/c1-2-25-16-9-7-15(8-10-16)13-17-19(24)22(20(26)27-17)14-18(23)21-11-5-3-4-6-12-21/h7-10,13H,2-6,11-12,14H2,1H3. The van der Waals surface area contributed by atoms with E-state index >= 15 is 0 Å². The third-order valence-electron chi connectivity index (χ3n) is 4.61. The molecule has 0 saturated carbocycles. The second-order valence-electron chi connectivity index (χ2n) is 6.56. The fourth-order valence-corrected chi connectivity index (χ4v) is 4.43. The monoisotopic (exact) mass is 404 g/mol. The Morgan fingerprint density at radius 1 is 1.19 bits per heavy atom. The van der Waals surface area contributed by atoms with Gasteiger partial charge < -0.3 is 9.64 Å². The lowest BCUT2D eigenvalue weighted by Crippen LogP contribution is -2.42. The predicted octanol–water partition coefficient (Wildman–Crippen LogP) is 3.69. The Morgan fingerprint density at radius 2 is 1.85 bits per heavy atom. The molecule has 0 aliphatic carbocycles. The smallest absolute Gasteiger partial charge is 0.266 e. The molecule has 2 saturated heterocycles. The molecule has 2 aliphatic heterocycles. The maximum Gasteiger partial charge on any atom is 0.266 e. The van der Waals surface area contributed by atoms with Crippen LogP contribution >= 0.6 is 24.0 Å². The van der Waals surface area contributed by atoms with Crippen LogP contribution in [-0.2, 0) is 9.59 Å². The molecule has 0 bridgehead atoms. The zero-order valence-corrected chi connectivity index (χ0v) is 17.1. The molecule has 0 radical (unpaired) electrons. The van der Waals surface area contributed by atoms with E-state index in [4.69, 9.17) is 17.0 Å². The van der Waals surface area contributed by atoms with E-state index in [0.717, 1.165) is 50.1 Å². The molecule has 27 heavy (non-hydrogen) atoms. The Kier molecular flexibility index (Phi) is 6.90. The number of thioether (sulfide) groups is 1. The van der Waals surface area contributed by atoms with Crippen molar-refractivity contribution in [1.82, 2.24) is 9.80 Å². The summed E-state index contributed by atoms with van der Waals surface area (Å²) >= 11 is 6.60. The van der Waals surface area contributed by atoms with E-state index in [9.17, 15) is 9.59 Å². The number of hydrogen-bond acceptors (Lipinski definition) is 5. The topological polar surface area (TPSA) is 49.9 Å². The summed E-state index contributed by atoms with van der Waals surface area (Å²) in [5.74, 6) is 0.586. The summed E-state index contributed by atoms with van der Waals surface area (Å²) < 4.78 is 5.88. The molecule has 0 aromatic heterocycles. The zero-order chi connectivity index (χ0) is 19.2. The summed E-state index contributed by atoms with van der Waals surface area (Å²) in [6, 6.07) is 7.55. The minimum atomic E-state index is -0.193. The average Bonchev–Trinajstić information content (AvgIpc) is 2.87. The molecule has 0 atom stereocenters. The second kappa shape index (κ2) is 9.37. The quantitative estimate of drug-likeness (QED) is 0.553. The van der Waals surface area contributed by atoms with Crippen molar-refractivity contribution in [3.8, 4) is 5.75 Å². The van der Waals surface area contributed by atoms with Crippen molar-refractivity contribution >= 4 is 46.2 Å². The minimum absolute atomic E-state index is 0.0180. The number of hydrogen-bond donors (Lipinski definition) is 0. The molecule has 7 heteroatoms. The van der Waals surface area contributed by atoms with Crippen LogP contribution in [0.3, 0.4) is 0 Å². The van der Waals surface area contributed by atoms with E-state index in [0.29, 0.717) is 15.8 Å². The van der Waals surface area contributed by atoms with E-state index < -0.39 is 0 Å². The lowest BCUT2D eigenvalue weighted by Gasteiger charge is -2.23. The maximum atomic E-state index is 12.7. The van der Waals surface area contributed by atoms with Crippen molar-refractivity contribution in [3.05, 3.63) is 34.7 Å². The van der Waals surface area contributed by atoms with Gasteiger partial charge in [-0.15, -0.1) is 0 Å². The number of rotatable bonds is 5. The van der Waals surface area contributed by atoms with Gasteiger partial charge in [0.25, 0.3) is 5.91 Å². The van der Waals surface area contributed by atoms with E-state index in [1.807, 2.05) is 42.2 Å². The molecule has 5 nitrogen and oxygen atoms in total. The minimum Gasteiger partial charge on any atom is -0.494 e. The van der Waals surface area contributed by atoms with Crippen LogP contribution in [-0.4, -0.2) is 52.2 Å². The van der Waals surface area contributed by atoms with Gasteiger partial charge in [0.1, 0.15) is 16.6 Å². The molecule has 1 aromatic carbocycles. The van der Waals surface area contributed by atoms with Gasteiger partial charge >= 0.3 is 0 Å². The summed E-state index contributed by atoms with van der Waals surface area (Å²) in [4.78, 5) is 29.2. The van der Waals surface area contributed by atoms with Crippen molar-refractivity contribution in [2.45, 2.75) is 32.6 Å². The number of nitrogens with zero attached hydrogens (tertiary/aromatic N) is 2. The Morgan fingerprint density at radius 3 is 2.48 bits per heavy atom. The largest absolute Gasteiger partial charge is 0.494 e. The highest BCUT2D eigenvalue weighted by atomic mass is 32.2. The first-order chi connectivity index (χ1) is 13.1. The average molecular weight is 405 g/mol. The molecule has 0 spiro atoms. The van der Waals surface area contributed by atoms with Crippen LogP contribution in [0.5, 0.6) is 5.75 Å². The number of carbonyl (C=O) groups is 2. The van der Waals surface area contributed by atoms with Gasteiger partial charge in [0.05, 0.1) is 11.5 Å². The summed E-state index contributed by atoms with van der Waals surface area (Å²) in [5.41, 5.74) is 0.901. The van der Waals surface area contributed by atoms with Crippen molar-refractivity contribution in [3.63, 3.8) is 0 Å². The van der Waals surface area contributed by atoms with Crippen LogP contribution in [0.25, 0.3) is 6.08 Å². The molecular formula is C20H24N2O3S2. The van der Waals surface area contributed by atoms with Gasteiger partial charge in [-0.1, -0.05) is 49.0 Å². The van der Waals surface area contributed by atoms with E-state index in [1.54, 1.807) is 0 Å². The lowest BCUT2D eigenvalue weighted by molar-refractivity contribution is -0.135. The molecule has 2 fully saturated rings. The van der Waals surface area contributed by atoms with Gasteiger partial charge in [-0.3, -0.25) is 14.5 Å². The normalized spacial score (nSPS) is 19.5. The van der Waals surface area contributed by atoms with Crippen LogP contribution in [0.4, 0.5) is 0 Å². The number of ether oxygens (including phenoxy) is 1. The summed E-state index contributed by atoms with van der Waals surface area (Å²) in [6.07, 6.45) is 6.19. The van der Waals surface area contributed by atoms with Crippen molar-refractivity contribution in [1.29, 1.82) is 0 Å². The fourth-order valence-electron chi connectivity index (χ4n) is 3.17. The fraction of sp³-hybridized carbons (Fsp3) is 0.450. The Balaban J connectivity index is 1.66. The van der Waals surface area contributed by atoms with Crippen LogP contribution in [0, 0.1) is 0 Å². The molecule has 144 valence electrons. The molecule has 0 N–H and O–H groups in total. The summed E-state index contributed by atoms with van der Waals surface area (Å²) in [5, 5.41) is 0. The first-order valence-corrected chi connectivity index (χ1v) is 10.6. The third-order valence-corrected chi connectivity index (χ3v) is 5.99. The first-order valence-electron chi connectivity index (χ1n) is 9.34. The molecule has 2 amide bonds. The predicted molar refractivity (Wildman–Crippen MR) is 113 cm³/mol. The van der Waals surface area contributed by atoms with Crippen LogP contribution in [0.1, 0.15) is 38.2 Å². The highest BCUT2D eigenvalue weighted by Crippen LogP contribution is 2.32. The third kappa shape index (κ3) is 5.11. The molecule has 2 heterocycles. The van der Waals surface area contributed by atoms with Gasteiger partial charge in [-0.25, -0.2) is 0 Å². The van der Waals surface area contributed by atoms with E-state index in [-0.39, 0.29) is 18.4 Å². The van der Waals surface area contributed by atoms with Crippen molar-refractivity contribution in [2.75, 3.05) is 26.2 Å². The van der Waals surface area contributed by atoms with Crippen LogP contribution in [0.15, 0.2) is 29.2 Å². The van der Waals surface area contributed by atoms with Crippen LogP contribution < -0.4 is 4.74 Å². The molecule has 0 unspecified atom stereocenters. The summed E-state index contributed by atoms with van der Waals surface area (Å²) in [6.45, 7) is 4.13. The maximum absolute atomic E-state index is 12.7. The number of carbonyl (C=O) groups excluding carboxylic acids is 2. The summed E-state index contributed by atoms with van der Waals surface area (Å²) in [7, 11) is 0. The van der Waals surface area contributed by atoms with Gasteiger partial charge in [0.2, 0.25) is 5.91 Å². The Labute approximate surface area is 169 Å². The van der Waals surface area contributed by atoms with E-state index in [2.05, 4.69) is 0 Å². The van der Waals surface area contributed by atoms with Crippen molar-refractivity contribution in [2.24, 2.45) is 0 Å². The molecule has 3 rings (SSSR count). The van der Waals surface area contributed by atoms with Crippen molar-refractivity contribution < 1.29 is 14.3 Å². The second-order valence-corrected chi connectivity index (χ2v) is 8.24. The molecular weight excluding hydrogens is 380 g/mol.